The van der Waals surface area contributed by atoms with Crippen LogP contribution in [0.15, 0.2) is 41.1 Å². The third-order valence-corrected chi connectivity index (χ3v) is 4.94. The maximum Gasteiger partial charge on any atom is 0.259 e. The van der Waals surface area contributed by atoms with E-state index in [9.17, 15) is 4.79 Å². The van der Waals surface area contributed by atoms with Crippen LogP contribution in [0.4, 0.5) is 0 Å². The van der Waals surface area contributed by atoms with E-state index in [0.29, 0.717) is 31.1 Å². The van der Waals surface area contributed by atoms with Crippen LogP contribution in [0.5, 0.6) is 5.88 Å². The largest absolute Gasteiger partial charge is 0.480 e. The quantitative estimate of drug-likeness (QED) is 0.672. The maximum absolute atomic E-state index is 13.0. The van der Waals surface area contributed by atoms with Crippen LogP contribution < -0.4 is 4.74 Å². The molecule has 1 saturated heterocycles. The number of aryl methyl sites for hydroxylation is 2. The van der Waals surface area contributed by atoms with Gasteiger partial charge in [0.05, 0.1) is 42.9 Å². The number of hydrogen-bond acceptors (Lipinski definition) is 7. The van der Waals surface area contributed by atoms with Crippen LogP contribution in [-0.4, -0.2) is 52.7 Å². The Morgan fingerprint density at radius 2 is 2.10 bits per heavy atom. The molecule has 1 aliphatic heterocycles. The third-order valence-electron chi connectivity index (χ3n) is 4.94. The number of hydrogen-bond donors (Lipinski definition) is 0. The van der Waals surface area contributed by atoms with Gasteiger partial charge >= 0.3 is 0 Å². The predicted octanol–water partition coefficient (Wildman–Crippen LogP) is 2.97. The van der Waals surface area contributed by atoms with E-state index in [2.05, 4.69) is 10.1 Å². The zero-order valence-electron chi connectivity index (χ0n) is 16.6. The highest BCUT2D eigenvalue weighted by atomic mass is 16.5. The summed E-state index contributed by atoms with van der Waals surface area (Å²) in [7, 11) is 1.51. The fourth-order valence-corrected chi connectivity index (χ4v) is 3.52. The second-order valence-electron chi connectivity index (χ2n) is 6.82. The number of aromatic nitrogens is 3. The van der Waals surface area contributed by atoms with E-state index < -0.39 is 0 Å². The minimum Gasteiger partial charge on any atom is -0.480 e. The number of morpholine rings is 1. The molecule has 4 rings (SSSR count). The Morgan fingerprint density at radius 3 is 2.86 bits per heavy atom. The van der Waals surface area contributed by atoms with Crippen molar-refractivity contribution in [2.24, 2.45) is 0 Å². The summed E-state index contributed by atoms with van der Waals surface area (Å²) < 4.78 is 16.4. The number of carbonyl (C=O) groups excluding carboxylic acids is 1. The molecule has 29 heavy (non-hydrogen) atoms. The molecular formula is C21H22N4O4. The van der Waals surface area contributed by atoms with Gasteiger partial charge < -0.3 is 18.9 Å². The monoisotopic (exact) mass is 394 g/mol. The molecule has 8 nitrogen and oxygen atoms in total. The summed E-state index contributed by atoms with van der Waals surface area (Å²) in [5, 5.41) is 4.00. The lowest BCUT2D eigenvalue weighted by molar-refractivity contribution is -0.0247. The molecule has 0 aliphatic carbocycles. The zero-order chi connectivity index (χ0) is 20.4. The summed E-state index contributed by atoms with van der Waals surface area (Å²) in [6.07, 6.45) is 1.28. The summed E-state index contributed by atoms with van der Waals surface area (Å²) in [6, 6.07) is 9.20. The number of methoxy groups -OCH3 is 1. The van der Waals surface area contributed by atoms with Gasteiger partial charge in [0.15, 0.2) is 0 Å². The van der Waals surface area contributed by atoms with Crippen LogP contribution in [0.3, 0.4) is 0 Å². The number of pyridine rings is 2. The Hall–Kier alpha value is -3.26. The highest BCUT2D eigenvalue weighted by Crippen LogP contribution is 2.29. The van der Waals surface area contributed by atoms with Gasteiger partial charge in [-0.15, -0.1) is 0 Å². The molecule has 0 aromatic carbocycles. The van der Waals surface area contributed by atoms with E-state index in [-0.39, 0.29) is 12.0 Å². The first-order valence-corrected chi connectivity index (χ1v) is 9.38. The zero-order valence-corrected chi connectivity index (χ0v) is 16.6. The molecule has 1 fully saturated rings. The molecule has 150 valence electrons. The topological polar surface area (TPSA) is 90.6 Å². The molecule has 4 heterocycles. The normalized spacial score (nSPS) is 16.7. The molecule has 1 atom stereocenters. The SMILES string of the molecule is COc1ncccc1C(=O)N1CCO[C@@H](c2cccc(-c3c(C)noc3C)n2)C1. The van der Waals surface area contributed by atoms with Crippen molar-refractivity contribution in [1.82, 2.24) is 20.0 Å². The summed E-state index contributed by atoms with van der Waals surface area (Å²) in [5.41, 5.74) is 3.65. The van der Waals surface area contributed by atoms with Gasteiger partial charge in [-0.3, -0.25) is 4.79 Å². The molecule has 0 N–H and O–H groups in total. The van der Waals surface area contributed by atoms with E-state index in [1.807, 2.05) is 32.0 Å². The number of amides is 1. The molecule has 1 amide bonds. The lowest BCUT2D eigenvalue weighted by atomic mass is 10.1. The van der Waals surface area contributed by atoms with Crippen LogP contribution in [0.1, 0.15) is 33.6 Å². The van der Waals surface area contributed by atoms with Crippen molar-refractivity contribution in [3.8, 4) is 17.1 Å². The Balaban J connectivity index is 1.58. The number of ether oxygens (including phenoxy) is 2. The van der Waals surface area contributed by atoms with Gasteiger partial charge in [0, 0.05) is 12.7 Å². The maximum atomic E-state index is 13.0. The van der Waals surface area contributed by atoms with Crippen molar-refractivity contribution in [2.45, 2.75) is 20.0 Å². The van der Waals surface area contributed by atoms with Crippen molar-refractivity contribution in [3.05, 3.63) is 59.2 Å². The van der Waals surface area contributed by atoms with Gasteiger partial charge in [0.25, 0.3) is 5.91 Å². The first kappa shape index (κ1) is 19.1. The van der Waals surface area contributed by atoms with Crippen LogP contribution >= 0.6 is 0 Å². The Bertz CT molecular complexity index is 1010. The molecule has 1 aliphatic rings. The van der Waals surface area contributed by atoms with Crippen molar-refractivity contribution in [3.63, 3.8) is 0 Å². The van der Waals surface area contributed by atoms with Gasteiger partial charge in [0.2, 0.25) is 5.88 Å². The first-order valence-electron chi connectivity index (χ1n) is 9.38. The van der Waals surface area contributed by atoms with E-state index >= 15 is 0 Å². The summed E-state index contributed by atoms with van der Waals surface area (Å²) in [5.74, 6) is 0.904. The van der Waals surface area contributed by atoms with Gasteiger partial charge in [-0.1, -0.05) is 11.2 Å². The van der Waals surface area contributed by atoms with Crippen LogP contribution in [0, 0.1) is 13.8 Å². The highest BCUT2D eigenvalue weighted by molar-refractivity contribution is 5.96. The number of carbonyl (C=O) groups is 1. The van der Waals surface area contributed by atoms with Gasteiger partial charge in [-0.2, -0.15) is 0 Å². The first-order chi connectivity index (χ1) is 14.1. The molecular weight excluding hydrogens is 372 g/mol. The lowest BCUT2D eigenvalue weighted by Crippen LogP contribution is -2.42. The molecule has 0 bridgehead atoms. The van der Waals surface area contributed by atoms with E-state index in [0.717, 1.165) is 28.4 Å². The molecule has 0 unspecified atom stereocenters. The van der Waals surface area contributed by atoms with E-state index in [1.54, 1.807) is 23.2 Å². The smallest absolute Gasteiger partial charge is 0.259 e. The molecule has 3 aromatic heterocycles. The lowest BCUT2D eigenvalue weighted by Gasteiger charge is -2.33. The summed E-state index contributed by atoms with van der Waals surface area (Å²) >= 11 is 0. The minimum absolute atomic E-state index is 0.134. The van der Waals surface area contributed by atoms with Gasteiger partial charge in [0.1, 0.15) is 17.4 Å². The average molecular weight is 394 g/mol. The molecule has 0 saturated carbocycles. The molecule has 0 spiro atoms. The fourth-order valence-electron chi connectivity index (χ4n) is 3.52. The van der Waals surface area contributed by atoms with Crippen molar-refractivity contribution < 1.29 is 18.8 Å². The van der Waals surface area contributed by atoms with Crippen LogP contribution in [0.2, 0.25) is 0 Å². The Labute approximate surface area is 168 Å². The third kappa shape index (κ3) is 3.71. The number of nitrogens with zero attached hydrogens (tertiary/aromatic N) is 4. The van der Waals surface area contributed by atoms with Gasteiger partial charge in [-0.25, -0.2) is 9.97 Å². The second-order valence-corrected chi connectivity index (χ2v) is 6.82. The Morgan fingerprint density at radius 1 is 1.24 bits per heavy atom. The fraction of sp³-hybridized carbons (Fsp3) is 0.333. The second kappa shape index (κ2) is 8.00. The van der Waals surface area contributed by atoms with Crippen molar-refractivity contribution >= 4 is 5.91 Å². The van der Waals surface area contributed by atoms with Gasteiger partial charge in [-0.05, 0) is 38.1 Å². The summed E-state index contributed by atoms with van der Waals surface area (Å²) in [4.78, 5) is 23.6. The van der Waals surface area contributed by atoms with E-state index in [4.69, 9.17) is 19.0 Å². The predicted molar refractivity (Wildman–Crippen MR) is 105 cm³/mol. The molecule has 0 radical (unpaired) electrons. The van der Waals surface area contributed by atoms with Crippen LogP contribution in [-0.2, 0) is 4.74 Å². The van der Waals surface area contributed by atoms with E-state index in [1.165, 1.54) is 7.11 Å². The average Bonchev–Trinajstić information content (AvgIpc) is 3.11. The highest BCUT2D eigenvalue weighted by Gasteiger charge is 2.29. The summed E-state index contributed by atoms with van der Waals surface area (Å²) in [6.45, 7) is 5.07. The molecule has 8 heteroatoms. The molecule has 3 aromatic rings. The van der Waals surface area contributed by atoms with Crippen molar-refractivity contribution in [2.75, 3.05) is 26.8 Å². The van der Waals surface area contributed by atoms with Crippen molar-refractivity contribution in [1.29, 1.82) is 0 Å². The Kier molecular flexibility index (Phi) is 5.26. The number of rotatable bonds is 4. The minimum atomic E-state index is -0.323. The van der Waals surface area contributed by atoms with Crippen LogP contribution in [0.25, 0.3) is 11.3 Å². The standard InChI is InChI=1S/C21H22N4O4/c1-13-19(14(2)29-24-13)17-8-4-7-16(23-17)18-12-25(10-11-28-18)21(26)15-6-5-9-22-20(15)27-3/h4-9,18H,10-12H2,1-3H3/t18-/m1/s1.